The van der Waals surface area contributed by atoms with Crippen molar-refractivity contribution in [1.82, 2.24) is 10.6 Å². The lowest BCUT2D eigenvalue weighted by Gasteiger charge is -2.21. The molecule has 1 aromatic carbocycles. The number of likely N-dealkylation sites (N-methyl/N-ethyl adjacent to an activating group) is 1. The molecule has 1 aliphatic heterocycles. The zero-order valence-corrected chi connectivity index (χ0v) is 11.9. The van der Waals surface area contributed by atoms with Gasteiger partial charge in [-0.15, -0.1) is 0 Å². The highest BCUT2D eigenvalue weighted by molar-refractivity contribution is 5.80. The van der Waals surface area contributed by atoms with Crippen LogP contribution < -0.4 is 10.6 Å². The van der Waals surface area contributed by atoms with E-state index in [1.165, 1.54) is 12.1 Å². The Hall–Kier alpha value is -1.46. The maximum atomic E-state index is 12.9. The quantitative estimate of drug-likeness (QED) is 0.862. The third-order valence-electron chi connectivity index (χ3n) is 3.61. The second kappa shape index (κ2) is 6.81. The third kappa shape index (κ3) is 3.55. The highest BCUT2D eigenvalue weighted by Crippen LogP contribution is 2.17. The number of carbonyl (C=O) groups excluding carboxylic acids is 1. The summed E-state index contributed by atoms with van der Waals surface area (Å²) in [4.78, 5) is 12.3. The maximum absolute atomic E-state index is 12.9. The van der Waals surface area contributed by atoms with Crippen molar-refractivity contribution in [1.29, 1.82) is 0 Å². The SMILES string of the molecule is CCNC1COCC1C(=O)N[C@@H](C)c1ccc(F)cc1. The number of hydrogen-bond donors (Lipinski definition) is 2. The lowest BCUT2D eigenvalue weighted by molar-refractivity contribution is -0.126. The van der Waals surface area contributed by atoms with Crippen LogP contribution in [0.1, 0.15) is 25.5 Å². The molecule has 2 rings (SSSR count). The van der Waals surface area contributed by atoms with Gasteiger partial charge in [0.05, 0.1) is 25.2 Å². The molecule has 2 N–H and O–H groups in total. The summed E-state index contributed by atoms with van der Waals surface area (Å²) < 4.78 is 18.3. The van der Waals surface area contributed by atoms with E-state index in [4.69, 9.17) is 4.74 Å². The van der Waals surface area contributed by atoms with Crippen molar-refractivity contribution in [2.45, 2.75) is 25.9 Å². The fraction of sp³-hybridized carbons (Fsp3) is 0.533. The van der Waals surface area contributed by atoms with E-state index >= 15 is 0 Å². The first-order valence-corrected chi connectivity index (χ1v) is 6.98. The van der Waals surface area contributed by atoms with E-state index in [1.807, 2.05) is 13.8 Å². The maximum Gasteiger partial charge on any atom is 0.227 e. The lowest BCUT2D eigenvalue weighted by atomic mass is 10.0. The van der Waals surface area contributed by atoms with Gasteiger partial charge in [0.15, 0.2) is 0 Å². The molecule has 0 bridgehead atoms. The minimum absolute atomic E-state index is 0.0229. The minimum atomic E-state index is -0.274. The molecule has 1 amide bonds. The van der Waals surface area contributed by atoms with E-state index in [0.717, 1.165) is 12.1 Å². The van der Waals surface area contributed by atoms with Gasteiger partial charge in [0.2, 0.25) is 5.91 Å². The topological polar surface area (TPSA) is 50.4 Å². The van der Waals surface area contributed by atoms with Crippen LogP contribution >= 0.6 is 0 Å². The highest BCUT2D eigenvalue weighted by Gasteiger charge is 2.33. The number of rotatable bonds is 5. The Morgan fingerprint density at radius 3 is 2.75 bits per heavy atom. The van der Waals surface area contributed by atoms with E-state index in [9.17, 15) is 9.18 Å². The van der Waals surface area contributed by atoms with Crippen molar-refractivity contribution in [2.75, 3.05) is 19.8 Å². The first-order valence-electron chi connectivity index (χ1n) is 6.98. The molecule has 4 nitrogen and oxygen atoms in total. The van der Waals surface area contributed by atoms with Crippen molar-refractivity contribution >= 4 is 5.91 Å². The van der Waals surface area contributed by atoms with Crippen molar-refractivity contribution < 1.29 is 13.9 Å². The molecule has 20 heavy (non-hydrogen) atoms. The summed E-state index contributed by atoms with van der Waals surface area (Å²) in [7, 11) is 0. The molecule has 0 aliphatic carbocycles. The van der Waals surface area contributed by atoms with Crippen LogP contribution in [0.15, 0.2) is 24.3 Å². The summed E-state index contributed by atoms with van der Waals surface area (Å²) in [5, 5.41) is 6.23. The fourth-order valence-electron chi connectivity index (χ4n) is 2.43. The first-order chi connectivity index (χ1) is 9.61. The number of nitrogens with one attached hydrogen (secondary N) is 2. The zero-order chi connectivity index (χ0) is 14.5. The molecular weight excluding hydrogens is 259 g/mol. The zero-order valence-electron chi connectivity index (χ0n) is 11.9. The number of benzene rings is 1. The summed E-state index contributed by atoms with van der Waals surface area (Å²) in [6.45, 7) is 5.72. The van der Waals surface area contributed by atoms with Crippen molar-refractivity contribution in [3.05, 3.63) is 35.6 Å². The molecule has 1 fully saturated rings. The van der Waals surface area contributed by atoms with E-state index in [-0.39, 0.29) is 29.7 Å². The Bertz CT molecular complexity index is 450. The van der Waals surface area contributed by atoms with Gasteiger partial charge in [0.1, 0.15) is 5.82 Å². The largest absolute Gasteiger partial charge is 0.379 e. The predicted molar refractivity (Wildman–Crippen MR) is 74.7 cm³/mol. The third-order valence-corrected chi connectivity index (χ3v) is 3.61. The Labute approximate surface area is 118 Å². The highest BCUT2D eigenvalue weighted by atomic mass is 19.1. The van der Waals surface area contributed by atoms with E-state index < -0.39 is 0 Å². The van der Waals surface area contributed by atoms with Crippen LogP contribution in [0.25, 0.3) is 0 Å². The average molecular weight is 280 g/mol. The van der Waals surface area contributed by atoms with Crippen molar-refractivity contribution in [2.24, 2.45) is 5.92 Å². The van der Waals surface area contributed by atoms with Crippen LogP contribution in [-0.2, 0) is 9.53 Å². The molecule has 0 radical (unpaired) electrons. The van der Waals surface area contributed by atoms with Crippen molar-refractivity contribution in [3.63, 3.8) is 0 Å². The Morgan fingerprint density at radius 1 is 1.40 bits per heavy atom. The Morgan fingerprint density at radius 2 is 2.10 bits per heavy atom. The standard InChI is InChI=1S/C15H21FN2O2/c1-3-17-14-9-20-8-13(14)15(19)18-10(2)11-4-6-12(16)7-5-11/h4-7,10,13-14,17H,3,8-9H2,1-2H3,(H,18,19)/t10-,13?,14?/m0/s1. The lowest BCUT2D eigenvalue weighted by Crippen LogP contribution is -2.44. The first kappa shape index (κ1) is 14.9. The van der Waals surface area contributed by atoms with Gasteiger partial charge in [0.25, 0.3) is 0 Å². The summed E-state index contributed by atoms with van der Waals surface area (Å²) in [6, 6.07) is 6.10. The fourth-order valence-corrected chi connectivity index (χ4v) is 2.43. The summed E-state index contributed by atoms with van der Waals surface area (Å²) in [6.07, 6.45) is 0. The van der Waals surface area contributed by atoms with E-state index in [0.29, 0.717) is 13.2 Å². The van der Waals surface area contributed by atoms with Gasteiger partial charge in [-0.1, -0.05) is 19.1 Å². The van der Waals surface area contributed by atoms with Crippen molar-refractivity contribution in [3.8, 4) is 0 Å². The van der Waals surface area contributed by atoms with Gasteiger partial charge in [-0.2, -0.15) is 0 Å². The smallest absolute Gasteiger partial charge is 0.227 e. The number of hydrogen-bond acceptors (Lipinski definition) is 3. The van der Waals surface area contributed by atoms with Crippen LogP contribution in [0.3, 0.4) is 0 Å². The number of ether oxygens (including phenoxy) is 1. The number of carbonyl (C=O) groups is 1. The average Bonchev–Trinajstić information content (AvgIpc) is 2.88. The van der Waals surface area contributed by atoms with Crippen LogP contribution in [0, 0.1) is 11.7 Å². The Kier molecular flexibility index (Phi) is 5.09. The number of halogens is 1. The van der Waals surface area contributed by atoms with Crippen LogP contribution in [0.4, 0.5) is 4.39 Å². The van der Waals surface area contributed by atoms with Gasteiger partial charge in [-0.05, 0) is 31.2 Å². The molecule has 0 aromatic heterocycles. The second-order valence-corrected chi connectivity index (χ2v) is 5.09. The van der Waals surface area contributed by atoms with Gasteiger partial charge in [0, 0.05) is 6.04 Å². The van der Waals surface area contributed by atoms with E-state index in [1.54, 1.807) is 12.1 Å². The monoisotopic (exact) mass is 280 g/mol. The minimum Gasteiger partial charge on any atom is -0.379 e. The molecule has 3 atom stereocenters. The second-order valence-electron chi connectivity index (χ2n) is 5.09. The van der Waals surface area contributed by atoms with Crippen LogP contribution in [0.2, 0.25) is 0 Å². The molecule has 1 saturated heterocycles. The molecule has 110 valence electrons. The summed E-state index contributed by atoms with van der Waals surface area (Å²) in [5.41, 5.74) is 0.888. The molecule has 1 heterocycles. The molecular formula is C15H21FN2O2. The summed E-state index contributed by atoms with van der Waals surface area (Å²) in [5.74, 6) is -0.466. The molecule has 1 aromatic rings. The van der Waals surface area contributed by atoms with Gasteiger partial charge < -0.3 is 15.4 Å². The molecule has 1 aliphatic rings. The van der Waals surface area contributed by atoms with Crippen LogP contribution in [-0.4, -0.2) is 31.7 Å². The summed E-state index contributed by atoms with van der Waals surface area (Å²) >= 11 is 0. The normalized spacial score (nSPS) is 23.6. The molecule has 5 heteroatoms. The van der Waals surface area contributed by atoms with Gasteiger partial charge in [-0.25, -0.2) is 4.39 Å². The predicted octanol–water partition coefficient (Wildman–Crippen LogP) is 1.63. The van der Waals surface area contributed by atoms with Crippen LogP contribution in [0.5, 0.6) is 0 Å². The van der Waals surface area contributed by atoms with Gasteiger partial charge in [-0.3, -0.25) is 4.79 Å². The number of amides is 1. The van der Waals surface area contributed by atoms with Gasteiger partial charge >= 0.3 is 0 Å². The molecule has 0 spiro atoms. The Balaban J connectivity index is 1.95. The van der Waals surface area contributed by atoms with E-state index in [2.05, 4.69) is 10.6 Å². The molecule has 2 unspecified atom stereocenters. The molecule has 0 saturated carbocycles.